The van der Waals surface area contributed by atoms with Crippen LogP contribution in [-0.2, 0) is 16.0 Å². The van der Waals surface area contributed by atoms with Gasteiger partial charge in [-0.25, -0.2) is 5.43 Å². The first-order chi connectivity index (χ1) is 12.2. The third-order valence-corrected chi connectivity index (χ3v) is 3.34. The van der Waals surface area contributed by atoms with Gasteiger partial charge in [-0.05, 0) is 31.0 Å². The second-order valence-electron chi connectivity index (χ2n) is 5.16. The van der Waals surface area contributed by atoms with E-state index in [1.54, 1.807) is 6.07 Å². The summed E-state index contributed by atoms with van der Waals surface area (Å²) in [6.45, 7) is 2.80. The van der Waals surface area contributed by atoms with Crippen molar-refractivity contribution in [3.8, 4) is 5.75 Å². The van der Waals surface area contributed by atoms with E-state index in [0.29, 0.717) is 30.9 Å². The molecule has 0 aliphatic rings. The lowest BCUT2D eigenvalue weighted by molar-refractivity contribution is -0.139. The highest BCUT2D eigenvalue weighted by Gasteiger charge is 2.11. The zero-order valence-electron chi connectivity index (χ0n) is 14.1. The lowest BCUT2D eigenvalue weighted by atomic mass is 10.1. The molecule has 0 bridgehead atoms. The minimum Gasteiger partial charge on any atom is -0.493 e. The number of carbonyl (C=O) groups excluding carboxylic acids is 2. The lowest BCUT2D eigenvalue weighted by Gasteiger charge is -2.06. The van der Waals surface area contributed by atoms with E-state index in [1.165, 1.54) is 6.21 Å². The molecule has 2 aromatic rings. The number of hydrogen-bond acceptors (Lipinski definition) is 4. The topological polar surface area (TPSA) is 79.8 Å². The first kappa shape index (κ1) is 18.2. The van der Waals surface area contributed by atoms with Gasteiger partial charge in [-0.2, -0.15) is 5.10 Å². The van der Waals surface area contributed by atoms with Crippen molar-refractivity contribution in [2.24, 2.45) is 5.10 Å². The van der Waals surface area contributed by atoms with E-state index in [-0.39, 0.29) is 0 Å². The van der Waals surface area contributed by atoms with Crippen molar-refractivity contribution in [2.75, 3.05) is 13.2 Å². The van der Waals surface area contributed by atoms with Crippen molar-refractivity contribution in [3.63, 3.8) is 0 Å². The Kier molecular flexibility index (Phi) is 7.18. The molecular weight excluding hydrogens is 318 g/mol. The second kappa shape index (κ2) is 9.87. The van der Waals surface area contributed by atoms with E-state index in [9.17, 15) is 9.59 Å². The van der Waals surface area contributed by atoms with E-state index in [1.807, 2.05) is 55.5 Å². The fourth-order valence-electron chi connectivity index (χ4n) is 2.13. The van der Waals surface area contributed by atoms with Gasteiger partial charge in [0.05, 0.1) is 12.8 Å². The summed E-state index contributed by atoms with van der Waals surface area (Å²) in [6, 6.07) is 17.0. The monoisotopic (exact) mass is 339 g/mol. The zero-order valence-corrected chi connectivity index (χ0v) is 14.1. The normalized spacial score (nSPS) is 10.4. The fraction of sp³-hybridized carbons (Fsp3) is 0.211. The fourth-order valence-corrected chi connectivity index (χ4v) is 2.13. The number of benzene rings is 2. The standard InChI is InChI=1S/C19H21N3O3/c1-2-25-17-11-7-6-10-16(17)14-21-22-19(24)18(23)20-13-12-15-8-4-3-5-9-15/h3-11,14H,2,12-13H2,1H3,(H,20,23)(H,22,24)/b21-14-. The van der Waals surface area contributed by atoms with E-state index in [2.05, 4.69) is 15.8 Å². The Labute approximate surface area is 146 Å². The number of hydrazone groups is 1. The first-order valence-corrected chi connectivity index (χ1v) is 8.07. The van der Waals surface area contributed by atoms with Crippen molar-refractivity contribution in [2.45, 2.75) is 13.3 Å². The van der Waals surface area contributed by atoms with Crippen molar-refractivity contribution < 1.29 is 14.3 Å². The van der Waals surface area contributed by atoms with Crippen LogP contribution in [0.4, 0.5) is 0 Å². The molecule has 0 unspecified atom stereocenters. The molecule has 0 aromatic heterocycles. The van der Waals surface area contributed by atoms with Crippen LogP contribution >= 0.6 is 0 Å². The molecule has 2 amide bonds. The van der Waals surface area contributed by atoms with E-state index < -0.39 is 11.8 Å². The molecular formula is C19H21N3O3. The van der Waals surface area contributed by atoms with Gasteiger partial charge in [0.1, 0.15) is 5.75 Å². The van der Waals surface area contributed by atoms with E-state index in [4.69, 9.17) is 4.74 Å². The molecule has 0 spiro atoms. The molecule has 0 atom stereocenters. The van der Waals surface area contributed by atoms with Crippen LogP contribution in [0, 0.1) is 0 Å². The Morgan fingerprint density at radius 2 is 1.76 bits per heavy atom. The van der Waals surface area contributed by atoms with Gasteiger partial charge in [0.15, 0.2) is 0 Å². The molecule has 0 heterocycles. The number of ether oxygens (including phenoxy) is 1. The number of carbonyl (C=O) groups is 2. The summed E-state index contributed by atoms with van der Waals surface area (Å²) in [7, 11) is 0. The molecule has 0 saturated heterocycles. The number of para-hydroxylation sites is 1. The number of nitrogens with one attached hydrogen (secondary N) is 2. The van der Waals surface area contributed by atoms with Crippen molar-refractivity contribution in [3.05, 3.63) is 65.7 Å². The highest BCUT2D eigenvalue weighted by atomic mass is 16.5. The molecule has 2 rings (SSSR count). The molecule has 6 nitrogen and oxygen atoms in total. The third kappa shape index (κ3) is 6.10. The van der Waals surface area contributed by atoms with Crippen molar-refractivity contribution in [1.82, 2.24) is 10.7 Å². The molecule has 0 aliphatic carbocycles. The predicted molar refractivity (Wildman–Crippen MR) is 96.5 cm³/mol. The maximum atomic E-state index is 11.7. The van der Waals surface area contributed by atoms with Gasteiger partial charge in [-0.1, -0.05) is 42.5 Å². The number of hydrogen-bond donors (Lipinski definition) is 2. The summed E-state index contributed by atoms with van der Waals surface area (Å²) in [4.78, 5) is 23.4. The minimum atomic E-state index is -0.807. The van der Waals surface area contributed by atoms with Gasteiger partial charge in [0.2, 0.25) is 0 Å². The van der Waals surface area contributed by atoms with Gasteiger partial charge in [0, 0.05) is 12.1 Å². The second-order valence-corrected chi connectivity index (χ2v) is 5.16. The summed E-state index contributed by atoms with van der Waals surface area (Å²) in [5.74, 6) is -0.861. The average molecular weight is 339 g/mol. The summed E-state index contributed by atoms with van der Waals surface area (Å²) < 4.78 is 5.45. The van der Waals surface area contributed by atoms with E-state index in [0.717, 1.165) is 5.56 Å². The predicted octanol–water partition coefficient (Wildman–Crippen LogP) is 1.89. The van der Waals surface area contributed by atoms with Crippen LogP contribution in [0.15, 0.2) is 59.7 Å². The Morgan fingerprint density at radius 3 is 2.52 bits per heavy atom. The van der Waals surface area contributed by atoms with Crippen molar-refractivity contribution >= 4 is 18.0 Å². The molecule has 6 heteroatoms. The summed E-state index contributed by atoms with van der Waals surface area (Å²) >= 11 is 0. The molecule has 0 aliphatic heterocycles. The third-order valence-electron chi connectivity index (χ3n) is 3.34. The number of amides is 2. The van der Waals surface area contributed by atoms with Crippen LogP contribution < -0.4 is 15.5 Å². The quantitative estimate of drug-likeness (QED) is 0.459. The lowest BCUT2D eigenvalue weighted by Crippen LogP contribution is -2.38. The Morgan fingerprint density at radius 1 is 1.04 bits per heavy atom. The molecule has 2 N–H and O–H groups in total. The maximum absolute atomic E-state index is 11.7. The average Bonchev–Trinajstić information content (AvgIpc) is 2.64. The largest absolute Gasteiger partial charge is 0.493 e. The summed E-state index contributed by atoms with van der Waals surface area (Å²) in [6.07, 6.45) is 2.10. The Hall–Kier alpha value is -3.15. The van der Waals surface area contributed by atoms with Crippen LogP contribution in [0.2, 0.25) is 0 Å². The van der Waals surface area contributed by atoms with Gasteiger partial charge in [0.25, 0.3) is 0 Å². The van der Waals surface area contributed by atoms with Gasteiger partial charge < -0.3 is 10.1 Å². The SMILES string of the molecule is CCOc1ccccc1/C=N\NC(=O)C(=O)NCCc1ccccc1. The van der Waals surface area contributed by atoms with Crippen molar-refractivity contribution in [1.29, 1.82) is 0 Å². The Bertz CT molecular complexity index is 730. The Balaban J connectivity index is 1.78. The maximum Gasteiger partial charge on any atom is 0.329 e. The van der Waals surface area contributed by atoms with Crippen LogP contribution in [0.3, 0.4) is 0 Å². The molecule has 0 radical (unpaired) electrons. The van der Waals surface area contributed by atoms with Gasteiger partial charge >= 0.3 is 11.8 Å². The van der Waals surface area contributed by atoms with Gasteiger partial charge in [-0.3, -0.25) is 9.59 Å². The highest BCUT2D eigenvalue weighted by Crippen LogP contribution is 2.15. The zero-order chi connectivity index (χ0) is 17.9. The van der Waals surface area contributed by atoms with Crippen LogP contribution in [0.5, 0.6) is 5.75 Å². The minimum absolute atomic E-state index is 0.382. The van der Waals surface area contributed by atoms with Crippen LogP contribution in [0.25, 0.3) is 0 Å². The van der Waals surface area contributed by atoms with Gasteiger partial charge in [-0.15, -0.1) is 0 Å². The molecule has 0 fully saturated rings. The number of rotatable bonds is 7. The molecule has 2 aromatic carbocycles. The molecule has 25 heavy (non-hydrogen) atoms. The molecule has 130 valence electrons. The first-order valence-electron chi connectivity index (χ1n) is 8.07. The number of nitrogens with zero attached hydrogens (tertiary/aromatic N) is 1. The van der Waals surface area contributed by atoms with E-state index >= 15 is 0 Å². The highest BCUT2D eigenvalue weighted by molar-refractivity contribution is 6.35. The van der Waals surface area contributed by atoms with Crippen LogP contribution in [-0.4, -0.2) is 31.2 Å². The summed E-state index contributed by atoms with van der Waals surface area (Å²) in [5, 5.41) is 6.37. The smallest absolute Gasteiger partial charge is 0.329 e. The molecule has 0 saturated carbocycles. The summed E-state index contributed by atoms with van der Waals surface area (Å²) in [5.41, 5.74) is 4.02. The van der Waals surface area contributed by atoms with Crippen LogP contribution in [0.1, 0.15) is 18.1 Å².